The van der Waals surface area contributed by atoms with Crippen LogP contribution in [0.3, 0.4) is 0 Å². The van der Waals surface area contributed by atoms with Crippen LogP contribution in [-0.2, 0) is 9.53 Å². The summed E-state index contributed by atoms with van der Waals surface area (Å²) >= 11 is 0. The summed E-state index contributed by atoms with van der Waals surface area (Å²) < 4.78 is 5.35. The minimum absolute atomic E-state index is 0.163. The van der Waals surface area contributed by atoms with Crippen molar-refractivity contribution < 1.29 is 19.4 Å². The van der Waals surface area contributed by atoms with Crippen molar-refractivity contribution >= 4 is 12.0 Å². The Balaban J connectivity index is 1.32. The van der Waals surface area contributed by atoms with Crippen molar-refractivity contribution in [1.82, 2.24) is 10.6 Å². The lowest BCUT2D eigenvalue weighted by Gasteiger charge is -2.17. The van der Waals surface area contributed by atoms with Crippen LogP contribution < -0.4 is 10.6 Å². The van der Waals surface area contributed by atoms with E-state index in [1.165, 1.54) is 25.7 Å². The lowest BCUT2D eigenvalue weighted by molar-refractivity contribution is -0.149. The minimum Gasteiger partial charge on any atom is -0.479 e. The number of aliphatic carboxylic acids is 1. The van der Waals surface area contributed by atoms with Crippen molar-refractivity contribution in [2.75, 3.05) is 13.1 Å². The normalized spacial score (nSPS) is 28.6. The molecule has 3 fully saturated rings. The SMILES string of the molecule is O=C(NCC1CCC(C(=O)O)O1)NCC(C1CC1)C1CC1. The third-order valence-electron chi connectivity index (χ3n) is 4.83. The van der Waals surface area contributed by atoms with Crippen molar-refractivity contribution in [2.24, 2.45) is 17.8 Å². The van der Waals surface area contributed by atoms with Gasteiger partial charge in [0, 0.05) is 13.1 Å². The summed E-state index contributed by atoms with van der Waals surface area (Å²) in [6.45, 7) is 1.15. The van der Waals surface area contributed by atoms with Gasteiger partial charge in [-0.2, -0.15) is 0 Å². The standard InChI is InChI=1S/C15H24N2O4/c18-14(19)13-6-5-11(21-13)7-16-15(20)17-8-12(9-1-2-9)10-3-4-10/h9-13H,1-8H2,(H,18,19)(H2,16,17,20). The molecule has 0 aromatic heterocycles. The molecule has 2 unspecified atom stereocenters. The Hall–Kier alpha value is -1.30. The van der Waals surface area contributed by atoms with Gasteiger partial charge in [-0.15, -0.1) is 0 Å². The Morgan fingerprint density at radius 1 is 1.05 bits per heavy atom. The number of hydrogen-bond acceptors (Lipinski definition) is 3. The molecule has 1 heterocycles. The molecule has 3 aliphatic rings. The molecule has 1 saturated heterocycles. The molecule has 2 atom stereocenters. The average molecular weight is 296 g/mol. The second-order valence-corrected chi connectivity index (χ2v) is 6.59. The first-order valence-corrected chi connectivity index (χ1v) is 8.03. The average Bonchev–Trinajstić information content (AvgIpc) is 3.37. The molecule has 1 aliphatic heterocycles. The number of urea groups is 1. The quantitative estimate of drug-likeness (QED) is 0.662. The molecule has 2 aliphatic carbocycles. The number of carboxylic acid groups (broad SMARTS) is 1. The summed E-state index contributed by atoms with van der Waals surface area (Å²) in [5.41, 5.74) is 0. The van der Waals surface area contributed by atoms with E-state index in [0.29, 0.717) is 25.3 Å². The molecule has 118 valence electrons. The second-order valence-electron chi connectivity index (χ2n) is 6.59. The minimum atomic E-state index is -0.918. The van der Waals surface area contributed by atoms with E-state index in [4.69, 9.17) is 9.84 Å². The zero-order valence-electron chi connectivity index (χ0n) is 12.2. The number of rotatable bonds is 7. The molecule has 3 N–H and O–H groups in total. The van der Waals surface area contributed by atoms with Gasteiger partial charge < -0.3 is 20.5 Å². The van der Waals surface area contributed by atoms with Gasteiger partial charge in [-0.3, -0.25) is 0 Å². The summed E-state index contributed by atoms with van der Waals surface area (Å²) in [5.74, 6) is 1.40. The van der Waals surface area contributed by atoms with Crippen molar-refractivity contribution in [1.29, 1.82) is 0 Å². The van der Waals surface area contributed by atoms with Gasteiger partial charge in [0.1, 0.15) is 0 Å². The molecule has 6 nitrogen and oxygen atoms in total. The van der Waals surface area contributed by atoms with Gasteiger partial charge in [0.25, 0.3) is 0 Å². The highest BCUT2D eigenvalue weighted by Gasteiger charge is 2.41. The lowest BCUT2D eigenvalue weighted by atomic mass is 9.98. The van der Waals surface area contributed by atoms with Gasteiger partial charge >= 0.3 is 12.0 Å². The van der Waals surface area contributed by atoms with Crippen LogP contribution in [0.15, 0.2) is 0 Å². The summed E-state index contributed by atoms with van der Waals surface area (Å²) in [6.07, 6.45) is 5.58. The zero-order valence-corrected chi connectivity index (χ0v) is 12.2. The number of hydrogen-bond donors (Lipinski definition) is 3. The summed E-state index contributed by atoms with van der Waals surface area (Å²) in [7, 11) is 0. The molecule has 21 heavy (non-hydrogen) atoms. The maximum atomic E-state index is 11.8. The van der Waals surface area contributed by atoms with E-state index in [-0.39, 0.29) is 12.1 Å². The Morgan fingerprint density at radius 3 is 2.24 bits per heavy atom. The fraction of sp³-hybridized carbons (Fsp3) is 0.867. The van der Waals surface area contributed by atoms with E-state index in [1.54, 1.807) is 0 Å². The van der Waals surface area contributed by atoms with Crippen LogP contribution in [0.1, 0.15) is 38.5 Å². The maximum absolute atomic E-state index is 11.8. The Kier molecular flexibility index (Phi) is 4.33. The largest absolute Gasteiger partial charge is 0.479 e. The first kappa shape index (κ1) is 14.6. The molecule has 3 rings (SSSR count). The van der Waals surface area contributed by atoms with Crippen LogP contribution in [0.2, 0.25) is 0 Å². The highest BCUT2D eigenvalue weighted by Crippen LogP contribution is 2.48. The highest BCUT2D eigenvalue weighted by molar-refractivity contribution is 5.74. The van der Waals surface area contributed by atoms with Crippen molar-refractivity contribution in [3.05, 3.63) is 0 Å². The summed E-state index contributed by atoms with van der Waals surface area (Å²) in [5, 5.41) is 14.6. The van der Waals surface area contributed by atoms with E-state index in [2.05, 4.69) is 10.6 Å². The van der Waals surface area contributed by atoms with Crippen LogP contribution in [-0.4, -0.2) is 42.4 Å². The Bertz CT molecular complexity index is 394. The van der Waals surface area contributed by atoms with E-state index in [1.807, 2.05) is 0 Å². The molecule has 0 bridgehead atoms. The van der Waals surface area contributed by atoms with E-state index < -0.39 is 12.1 Å². The van der Waals surface area contributed by atoms with Gasteiger partial charge in [-0.05, 0) is 56.3 Å². The topological polar surface area (TPSA) is 87.7 Å². The molecular weight excluding hydrogens is 272 g/mol. The molecular formula is C15H24N2O4. The molecule has 2 amide bonds. The zero-order chi connectivity index (χ0) is 14.8. The van der Waals surface area contributed by atoms with Gasteiger partial charge in [0.2, 0.25) is 0 Å². The van der Waals surface area contributed by atoms with Crippen LogP contribution in [0.4, 0.5) is 4.79 Å². The molecule has 0 aromatic rings. The molecule has 0 aromatic carbocycles. The molecule has 0 spiro atoms. The number of carbonyl (C=O) groups excluding carboxylic acids is 1. The fourth-order valence-corrected chi connectivity index (χ4v) is 3.28. The Labute approximate surface area is 124 Å². The summed E-state index contributed by atoms with van der Waals surface area (Å²) in [6, 6.07) is -0.163. The molecule has 2 saturated carbocycles. The number of carboxylic acids is 1. The van der Waals surface area contributed by atoms with Crippen molar-refractivity contribution in [2.45, 2.75) is 50.7 Å². The lowest BCUT2D eigenvalue weighted by Crippen LogP contribution is -2.42. The maximum Gasteiger partial charge on any atom is 0.332 e. The van der Waals surface area contributed by atoms with Crippen LogP contribution in [0, 0.1) is 17.8 Å². The number of carbonyl (C=O) groups is 2. The van der Waals surface area contributed by atoms with Gasteiger partial charge in [0.15, 0.2) is 6.10 Å². The van der Waals surface area contributed by atoms with E-state index in [9.17, 15) is 9.59 Å². The first-order chi connectivity index (χ1) is 10.1. The Morgan fingerprint density at radius 2 is 1.71 bits per heavy atom. The third-order valence-corrected chi connectivity index (χ3v) is 4.83. The van der Waals surface area contributed by atoms with Gasteiger partial charge in [-0.1, -0.05) is 0 Å². The van der Waals surface area contributed by atoms with Crippen LogP contribution >= 0.6 is 0 Å². The van der Waals surface area contributed by atoms with Crippen LogP contribution in [0.25, 0.3) is 0 Å². The van der Waals surface area contributed by atoms with Crippen molar-refractivity contribution in [3.63, 3.8) is 0 Å². The summed E-state index contributed by atoms with van der Waals surface area (Å²) in [4.78, 5) is 22.6. The fourth-order valence-electron chi connectivity index (χ4n) is 3.28. The number of ether oxygens (including phenoxy) is 1. The highest BCUT2D eigenvalue weighted by atomic mass is 16.5. The van der Waals surface area contributed by atoms with Crippen LogP contribution in [0.5, 0.6) is 0 Å². The van der Waals surface area contributed by atoms with E-state index >= 15 is 0 Å². The predicted molar refractivity (Wildman–Crippen MR) is 75.9 cm³/mol. The van der Waals surface area contributed by atoms with Crippen molar-refractivity contribution in [3.8, 4) is 0 Å². The monoisotopic (exact) mass is 296 g/mol. The molecule has 0 radical (unpaired) electrons. The van der Waals surface area contributed by atoms with E-state index in [0.717, 1.165) is 18.4 Å². The van der Waals surface area contributed by atoms with Gasteiger partial charge in [0.05, 0.1) is 6.10 Å². The van der Waals surface area contributed by atoms with Gasteiger partial charge in [-0.25, -0.2) is 9.59 Å². The predicted octanol–water partition coefficient (Wildman–Crippen LogP) is 1.35. The smallest absolute Gasteiger partial charge is 0.332 e. The third kappa shape index (κ3) is 4.09. The number of amides is 2. The molecule has 6 heteroatoms. The number of nitrogens with one attached hydrogen (secondary N) is 2. The second kappa shape index (κ2) is 6.22. The first-order valence-electron chi connectivity index (χ1n) is 8.03.